The summed E-state index contributed by atoms with van der Waals surface area (Å²) < 4.78 is 72.0. The van der Waals surface area contributed by atoms with Crippen LogP contribution in [-0.4, -0.2) is 43.9 Å². The fourth-order valence-electron chi connectivity index (χ4n) is 4.07. The highest BCUT2D eigenvalue weighted by Crippen LogP contribution is 2.37. The predicted molar refractivity (Wildman–Crippen MR) is 123 cm³/mol. The molecule has 35 heavy (non-hydrogen) atoms. The number of anilines is 1. The van der Waals surface area contributed by atoms with Gasteiger partial charge in [0.05, 0.1) is 17.4 Å². The number of H-pyrrole nitrogens is 1. The molecule has 0 radical (unpaired) electrons. The molecule has 0 unspecified atom stereocenters. The van der Waals surface area contributed by atoms with Crippen LogP contribution in [0.4, 0.5) is 23.7 Å². The summed E-state index contributed by atoms with van der Waals surface area (Å²) in [7, 11) is -3.42. The summed E-state index contributed by atoms with van der Waals surface area (Å²) in [5.41, 5.74) is -1.26. The Bertz CT molecular complexity index is 1480. The van der Waals surface area contributed by atoms with E-state index in [0.29, 0.717) is 23.9 Å². The lowest BCUT2D eigenvalue weighted by Crippen LogP contribution is -2.36. The average Bonchev–Trinajstić information content (AvgIpc) is 3.61. The van der Waals surface area contributed by atoms with Crippen LogP contribution in [0.3, 0.4) is 0 Å². The highest BCUT2D eigenvalue weighted by atomic mass is 32.2. The van der Waals surface area contributed by atoms with Gasteiger partial charge in [-0.1, -0.05) is 24.3 Å². The number of aromatic nitrogens is 1. The number of pyridine rings is 1. The van der Waals surface area contributed by atoms with E-state index in [2.05, 4.69) is 9.71 Å². The fourth-order valence-corrected chi connectivity index (χ4v) is 5.48. The molecule has 8 nitrogen and oxygen atoms in total. The zero-order chi connectivity index (χ0) is 25.0. The molecule has 1 saturated carbocycles. The summed E-state index contributed by atoms with van der Waals surface area (Å²) in [6.45, 7) is 0.0175. The van der Waals surface area contributed by atoms with E-state index in [-0.39, 0.29) is 29.7 Å². The van der Waals surface area contributed by atoms with Crippen molar-refractivity contribution in [2.24, 2.45) is 0 Å². The second-order valence-corrected chi connectivity index (χ2v) is 10.6. The minimum atomic E-state index is -4.59. The topological polar surface area (TPSA) is 109 Å². The number of aromatic amines is 1. The van der Waals surface area contributed by atoms with Crippen LogP contribution in [0.25, 0.3) is 22.0 Å². The van der Waals surface area contributed by atoms with Crippen LogP contribution in [0, 0.1) is 0 Å². The Kier molecular flexibility index (Phi) is 5.59. The Morgan fingerprint density at radius 1 is 1.09 bits per heavy atom. The Balaban J connectivity index is 1.40. The lowest BCUT2D eigenvalue weighted by Gasteiger charge is -2.15. The van der Waals surface area contributed by atoms with E-state index >= 15 is 0 Å². The summed E-state index contributed by atoms with van der Waals surface area (Å²) in [5, 5.41) is 0.183. The van der Waals surface area contributed by atoms with Gasteiger partial charge in [-0.05, 0) is 42.5 Å². The van der Waals surface area contributed by atoms with E-state index in [9.17, 15) is 31.2 Å². The second kappa shape index (κ2) is 8.38. The number of cyclic esters (lactones) is 1. The van der Waals surface area contributed by atoms with Crippen molar-refractivity contribution in [3.8, 4) is 11.3 Å². The van der Waals surface area contributed by atoms with Crippen molar-refractivity contribution in [2.75, 3.05) is 18.0 Å². The number of hydrogen-bond donors (Lipinski definition) is 2. The molecule has 2 fully saturated rings. The SMILES string of the molecule is O=C1O[C@@H](CNS(=O)(=O)C2CC2)CN1c1ccc2cc(-c3ccccc3C(F)(F)F)[nH]c(=O)c2c1. The number of alkyl halides is 3. The molecule has 1 aliphatic carbocycles. The van der Waals surface area contributed by atoms with Crippen molar-refractivity contribution < 1.29 is 31.1 Å². The first-order valence-corrected chi connectivity index (χ1v) is 12.4. The fraction of sp³-hybridized carbons (Fsp3) is 0.304. The molecule has 1 atom stereocenters. The normalized spacial score (nSPS) is 18.8. The zero-order valence-electron chi connectivity index (χ0n) is 18.1. The van der Waals surface area contributed by atoms with Gasteiger partial charge in [0.15, 0.2) is 0 Å². The summed E-state index contributed by atoms with van der Waals surface area (Å²) in [4.78, 5) is 28.9. The molecule has 1 aromatic heterocycles. The van der Waals surface area contributed by atoms with Gasteiger partial charge in [-0.2, -0.15) is 13.2 Å². The zero-order valence-corrected chi connectivity index (χ0v) is 18.9. The molecule has 2 heterocycles. The van der Waals surface area contributed by atoms with E-state index in [1.54, 1.807) is 6.07 Å². The van der Waals surface area contributed by atoms with Gasteiger partial charge in [-0.25, -0.2) is 17.9 Å². The molecule has 2 aromatic carbocycles. The van der Waals surface area contributed by atoms with Crippen LogP contribution >= 0.6 is 0 Å². The standard InChI is InChI=1S/C23H20F3N3O5S/c24-23(25,26)19-4-2-1-3-17(19)20-9-13-5-6-14(10-18(13)21(30)28-20)29-12-15(34-22(29)31)11-27-35(32,33)16-7-8-16/h1-6,9-10,15-16,27H,7-8,11-12H2,(H,28,30)/t15-/m0/s1. The van der Waals surface area contributed by atoms with Crippen molar-refractivity contribution in [1.29, 1.82) is 0 Å². The lowest BCUT2D eigenvalue weighted by atomic mass is 10.0. The molecule has 2 aliphatic rings. The first kappa shape index (κ1) is 23.4. The van der Waals surface area contributed by atoms with Crippen molar-refractivity contribution in [3.63, 3.8) is 0 Å². The molecule has 184 valence electrons. The Labute approximate surface area is 197 Å². The lowest BCUT2D eigenvalue weighted by molar-refractivity contribution is -0.137. The van der Waals surface area contributed by atoms with E-state index in [1.807, 2.05) is 0 Å². The van der Waals surface area contributed by atoms with Gasteiger partial charge < -0.3 is 9.72 Å². The van der Waals surface area contributed by atoms with Crippen molar-refractivity contribution in [3.05, 3.63) is 64.4 Å². The maximum absolute atomic E-state index is 13.4. The van der Waals surface area contributed by atoms with Gasteiger partial charge in [0.25, 0.3) is 5.56 Å². The second-order valence-electron chi connectivity index (χ2n) is 8.54. The number of fused-ring (bicyclic) bond motifs is 1. The number of rotatable bonds is 6. The summed E-state index contributed by atoms with van der Waals surface area (Å²) in [6.07, 6.45) is -4.76. The van der Waals surface area contributed by atoms with Crippen molar-refractivity contribution >= 4 is 32.6 Å². The first-order valence-electron chi connectivity index (χ1n) is 10.8. The number of sulfonamides is 1. The number of amides is 1. The number of halogens is 3. The van der Waals surface area contributed by atoms with Crippen molar-refractivity contribution in [2.45, 2.75) is 30.4 Å². The smallest absolute Gasteiger partial charge is 0.417 e. The number of nitrogens with one attached hydrogen (secondary N) is 2. The molecule has 3 aromatic rings. The van der Waals surface area contributed by atoms with Gasteiger partial charge in [-0.15, -0.1) is 0 Å². The van der Waals surface area contributed by atoms with Gasteiger partial charge in [0.1, 0.15) is 6.10 Å². The summed E-state index contributed by atoms with van der Waals surface area (Å²) in [5.74, 6) is 0. The predicted octanol–water partition coefficient (Wildman–Crippen LogP) is 3.62. The minimum Gasteiger partial charge on any atom is -0.443 e. The maximum Gasteiger partial charge on any atom is 0.417 e. The largest absolute Gasteiger partial charge is 0.443 e. The third-order valence-corrected chi connectivity index (χ3v) is 7.93. The van der Waals surface area contributed by atoms with E-state index < -0.39 is 44.8 Å². The minimum absolute atomic E-state index is 0.0202. The number of carbonyl (C=O) groups is 1. The maximum atomic E-state index is 13.4. The number of ether oxygens (including phenoxy) is 1. The molecule has 0 spiro atoms. The highest BCUT2D eigenvalue weighted by molar-refractivity contribution is 7.90. The Hall–Kier alpha value is -3.38. The highest BCUT2D eigenvalue weighted by Gasteiger charge is 2.38. The molecule has 0 bridgehead atoms. The summed E-state index contributed by atoms with van der Waals surface area (Å²) >= 11 is 0. The molecule has 1 saturated heterocycles. The molecule has 1 aliphatic heterocycles. The van der Waals surface area contributed by atoms with E-state index in [4.69, 9.17) is 4.74 Å². The van der Waals surface area contributed by atoms with E-state index in [1.165, 1.54) is 41.3 Å². The monoisotopic (exact) mass is 507 g/mol. The third kappa shape index (κ3) is 4.63. The van der Waals surface area contributed by atoms with Crippen LogP contribution in [0.1, 0.15) is 18.4 Å². The Morgan fingerprint density at radius 2 is 1.83 bits per heavy atom. The molecular weight excluding hydrogens is 487 g/mol. The van der Waals surface area contributed by atoms with Gasteiger partial charge in [-0.3, -0.25) is 9.69 Å². The summed E-state index contributed by atoms with van der Waals surface area (Å²) in [6, 6.07) is 10.9. The van der Waals surface area contributed by atoms with E-state index in [0.717, 1.165) is 6.07 Å². The number of hydrogen-bond acceptors (Lipinski definition) is 5. The molecule has 1 amide bonds. The van der Waals surface area contributed by atoms with Gasteiger partial charge in [0.2, 0.25) is 10.0 Å². The number of benzene rings is 2. The molecule has 12 heteroatoms. The van der Waals surface area contributed by atoms with Crippen LogP contribution in [0.15, 0.2) is 53.3 Å². The number of carbonyl (C=O) groups excluding carboxylic acids is 1. The molecule has 5 rings (SSSR count). The van der Waals surface area contributed by atoms with Gasteiger partial charge in [0, 0.05) is 28.9 Å². The van der Waals surface area contributed by atoms with Crippen LogP contribution < -0.4 is 15.2 Å². The van der Waals surface area contributed by atoms with Crippen LogP contribution in [-0.2, 0) is 20.9 Å². The molecule has 2 N–H and O–H groups in total. The third-order valence-electron chi connectivity index (χ3n) is 6.01. The number of nitrogens with zero attached hydrogens (tertiary/aromatic N) is 1. The quantitative estimate of drug-likeness (QED) is 0.530. The first-order chi connectivity index (χ1) is 16.5. The van der Waals surface area contributed by atoms with Crippen LogP contribution in [0.5, 0.6) is 0 Å². The van der Waals surface area contributed by atoms with Crippen LogP contribution in [0.2, 0.25) is 0 Å². The van der Waals surface area contributed by atoms with Crippen molar-refractivity contribution in [1.82, 2.24) is 9.71 Å². The average molecular weight is 507 g/mol. The molecular formula is C23H20F3N3O5S. The Morgan fingerprint density at radius 3 is 2.54 bits per heavy atom. The van der Waals surface area contributed by atoms with Gasteiger partial charge >= 0.3 is 12.3 Å².